The average Bonchev–Trinajstić information content (AvgIpc) is 3.07. The molecule has 4 rings (SSSR count). The van der Waals surface area contributed by atoms with Crippen molar-refractivity contribution in [3.05, 3.63) is 88.2 Å². The number of alkyl carbamates (subject to hydrolysis) is 1. The first kappa shape index (κ1) is 19.8. The minimum Gasteiger partial charge on any atom is -0.449 e. The fourth-order valence-electron chi connectivity index (χ4n) is 3.59. The Hall–Kier alpha value is -3.49. The van der Waals surface area contributed by atoms with Crippen LogP contribution in [0.5, 0.6) is 0 Å². The van der Waals surface area contributed by atoms with Crippen LogP contribution >= 0.6 is 11.6 Å². The molecule has 3 aromatic rings. The van der Waals surface area contributed by atoms with Gasteiger partial charge in [-0.2, -0.15) is 0 Å². The fraction of sp³-hybridized carbons (Fsp3) is 0.125. The molecule has 4 nitrogen and oxygen atoms in total. The van der Waals surface area contributed by atoms with E-state index in [0.29, 0.717) is 0 Å². The van der Waals surface area contributed by atoms with Gasteiger partial charge in [-0.3, -0.25) is 0 Å². The molecule has 6 heteroatoms. The number of nitrogens with two attached hydrogens (primary N) is 1. The van der Waals surface area contributed by atoms with Gasteiger partial charge in [-0.15, -0.1) is 0 Å². The third-order valence-electron chi connectivity index (χ3n) is 4.98. The van der Waals surface area contributed by atoms with E-state index in [-0.39, 0.29) is 35.3 Å². The largest absolute Gasteiger partial charge is 0.449 e. The number of anilines is 1. The smallest absolute Gasteiger partial charge is 0.407 e. The highest BCUT2D eigenvalue weighted by molar-refractivity contribution is 6.33. The van der Waals surface area contributed by atoms with Crippen LogP contribution in [-0.4, -0.2) is 19.2 Å². The van der Waals surface area contributed by atoms with E-state index in [9.17, 15) is 9.18 Å². The van der Waals surface area contributed by atoms with Crippen LogP contribution in [0.15, 0.2) is 60.7 Å². The highest BCUT2D eigenvalue weighted by atomic mass is 35.5. The third kappa shape index (κ3) is 3.96. The van der Waals surface area contributed by atoms with Crippen molar-refractivity contribution >= 4 is 23.4 Å². The molecule has 0 heterocycles. The maximum Gasteiger partial charge on any atom is 0.407 e. The first-order valence-electron chi connectivity index (χ1n) is 9.37. The van der Waals surface area contributed by atoms with Gasteiger partial charge >= 0.3 is 6.09 Å². The van der Waals surface area contributed by atoms with Crippen LogP contribution in [0.4, 0.5) is 14.9 Å². The van der Waals surface area contributed by atoms with E-state index in [1.54, 1.807) is 0 Å². The van der Waals surface area contributed by atoms with Gasteiger partial charge in [0.25, 0.3) is 0 Å². The zero-order valence-electron chi connectivity index (χ0n) is 15.9. The summed E-state index contributed by atoms with van der Waals surface area (Å²) in [6.45, 7) is 0.254. The predicted molar refractivity (Wildman–Crippen MR) is 116 cm³/mol. The number of hydrogen-bond donors (Lipinski definition) is 2. The molecule has 1 aliphatic carbocycles. The summed E-state index contributed by atoms with van der Waals surface area (Å²) < 4.78 is 18.8. The molecule has 0 aliphatic heterocycles. The van der Waals surface area contributed by atoms with Crippen molar-refractivity contribution in [2.45, 2.75) is 5.92 Å². The van der Waals surface area contributed by atoms with Crippen LogP contribution in [0.1, 0.15) is 22.6 Å². The Morgan fingerprint density at radius 3 is 2.40 bits per heavy atom. The summed E-state index contributed by atoms with van der Waals surface area (Å²) >= 11 is 5.84. The number of carbonyl (C=O) groups is 1. The number of benzene rings is 3. The van der Waals surface area contributed by atoms with Crippen LogP contribution in [0.25, 0.3) is 11.1 Å². The molecular formula is C24H18ClFN2O2. The number of ether oxygens (including phenoxy) is 1. The molecule has 0 bridgehead atoms. The molecule has 0 aromatic heterocycles. The topological polar surface area (TPSA) is 64.3 Å². The second-order valence-electron chi connectivity index (χ2n) is 6.83. The molecule has 0 saturated carbocycles. The lowest BCUT2D eigenvalue weighted by Crippen LogP contribution is -2.26. The Balaban J connectivity index is 1.37. The second kappa shape index (κ2) is 8.48. The number of carbonyl (C=O) groups excluding carboxylic acids is 1. The van der Waals surface area contributed by atoms with E-state index < -0.39 is 11.9 Å². The Morgan fingerprint density at radius 1 is 1.10 bits per heavy atom. The van der Waals surface area contributed by atoms with Crippen molar-refractivity contribution in [1.82, 2.24) is 5.32 Å². The van der Waals surface area contributed by atoms with Gasteiger partial charge in [0, 0.05) is 5.92 Å². The molecule has 0 fully saturated rings. The van der Waals surface area contributed by atoms with Crippen LogP contribution in [-0.2, 0) is 4.74 Å². The summed E-state index contributed by atoms with van der Waals surface area (Å²) in [7, 11) is 0. The van der Waals surface area contributed by atoms with Crippen LogP contribution in [0, 0.1) is 17.7 Å². The van der Waals surface area contributed by atoms with E-state index in [1.807, 2.05) is 24.3 Å². The van der Waals surface area contributed by atoms with Crippen molar-refractivity contribution in [3.8, 4) is 23.0 Å². The molecule has 30 heavy (non-hydrogen) atoms. The number of nitrogen functional groups attached to an aromatic ring is 1. The van der Waals surface area contributed by atoms with Gasteiger partial charge in [0.2, 0.25) is 0 Å². The molecule has 0 radical (unpaired) electrons. The number of amides is 1. The van der Waals surface area contributed by atoms with Gasteiger partial charge in [-0.1, -0.05) is 72.0 Å². The molecule has 3 aromatic carbocycles. The summed E-state index contributed by atoms with van der Waals surface area (Å²) in [6.07, 6.45) is -0.573. The molecule has 0 spiro atoms. The van der Waals surface area contributed by atoms with Crippen molar-refractivity contribution in [3.63, 3.8) is 0 Å². The number of halogens is 2. The van der Waals surface area contributed by atoms with E-state index in [0.717, 1.165) is 17.2 Å². The van der Waals surface area contributed by atoms with Crippen molar-refractivity contribution < 1.29 is 13.9 Å². The fourth-order valence-corrected chi connectivity index (χ4v) is 3.80. The standard InChI is InChI=1S/C24H18ClFN2O2/c25-22-13-16(26)12-15(23(22)27)6-5-11-28-24(29)30-14-21-19-9-3-1-7-17(19)18-8-2-4-10-20(18)21/h1-4,7-10,12-13,21H,11,14,27H2,(H,28,29). The van der Waals surface area contributed by atoms with E-state index in [4.69, 9.17) is 22.1 Å². The maximum atomic E-state index is 13.4. The summed E-state index contributed by atoms with van der Waals surface area (Å²) in [5.74, 6) is 4.89. The zero-order valence-corrected chi connectivity index (χ0v) is 16.7. The van der Waals surface area contributed by atoms with Crippen molar-refractivity contribution in [2.24, 2.45) is 0 Å². The molecule has 0 saturated heterocycles. The maximum absolute atomic E-state index is 13.4. The Labute approximate surface area is 178 Å². The summed E-state index contributed by atoms with van der Waals surface area (Å²) in [5.41, 5.74) is 10.9. The number of fused-ring (bicyclic) bond motifs is 3. The summed E-state index contributed by atoms with van der Waals surface area (Å²) in [4.78, 5) is 12.1. The monoisotopic (exact) mass is 420 g/mol. The first-order valence-corrected chi connectivity index (χ1v) is 9.74. The number of nitrogens with one attached hydrogen (secondary N) is 1. The lowest BCUT2D eigenvalue weighted by Gasteiger charge is -2.14. The van der Waals surface area contributed by atoms with Crippen LogP contribution in [0.2, 0.25) is 5.02 Å². The minimum absolute atomic E-state index is 0.0107. The molecule has 1 amide bonds. The quantitative estimate of drug-likeness (QED) is 0.465. The molecule has 3 N–H and O–H groups in total. The minimum atomic E-state index is -0.573. The van der Waals surface area contributed by atoms with Crippen molar-refractivity contribution in [2.75, 3.05) is 18.9 Å². The Bertz CT molecular complexity index is 1140. The Kier molecular flexibility index (Phi) is 5.60. The van der Waals surface area contributed by atoms with E-state index in [1.165, 1.54) is 17.2 Å². The van der Waals surface area contributed by atoms with Crippen LogP contribution in [0.3, 0.4) is 0 Å². The second-order valence-corrected chi connectivity index (χ2v) is 7.24. The highest BCUT2D eigenvalue weighted by Gasteiger charge is 2.28. The first-order chi connectivity index (χ1) is 14.5. The summed E-state index contributed by atoms with van der Waals surface area (Å²) in [5, 5.41) is 2.67. The number of hydrogen-bond acceptors (Lipinski definition) is 3. The third-order valence-corrected chi connectivity index (χ3v) is 5.29. The van der Waals surface area contributed by atoms with Gasteiger partial charge in [0.1, 0.15) is 12.4 Å². The zero-order chi connectivity index (χ0) is 21.1. The summed E-state index contributed by atoms with van der Waals surface area (Å²) in [6, 6.07) is 18.6. The van der Waals surface area contributed by atoms with Crippen molar-refractivity contribution in [1.29, 1.82) is 0 Å². The van der Waals surface area contributed by atoms with Gasteiger partial charge in [0.05, 0.1) is 22.8 Å². The molecule has 150 valence electrons. The lowest BCUT2D eigenvalue weighted by molar-refractivity contribution is 0.144. The molecule has 0 unspecified atom stereocenters. The van der Waals surface area contributed by atoms with E-state index in [2.05, 4.69) is 41.4 Å². The molecule has 1 aliphatic rings. The highest BCUT2D eigenvalue weighted by Crippen LogP contribution is 2.44. The normalized spacial score (nSPS) is 11.8. The average molecular weight is 421 g/mol. The lowest BCUT2D eigenvalue weighted by atomic mass is 9.98. The SMILES string of the molecule is Nc1c(Cl)cc(F)cc1C#CCNC(=O)OCC1c2ccccc2-c2ccccc21. The number of rotatable bonds is 3. The van der Waals surface area contributed by atoms with Crippen LogP contribution < -0.4 is 11.1 Å². The molecular weight excluding hydrogens is 403 g/mol. The van der Waals surface area contributed by atoms with Gasteiger partial charge < -0.3 is 15.8 Å². The van der Waals surface area contributed by atoms with Gasteiger partial charge in [0.15, 0.2) is 0 Å². The predicted octanol–water partition coefficient (Wildman–Crippen LogP) is 4.95. The van der Waals surface area contributed by atoms with E-state index >= 15 is 0 Å². The van der Waals surface area contributed by atoms with Gasteiger partial charge in [-0.05, 0) is 34.4 Å². The molecule has 0 atom stereocenters. The Morgan fingerprint density at radius 2 is 1.73 bits per heavy atom. The van der Waals surface area contributed by atoms with Gasteiger partial charge in [-0.25, -0.2) is 9.18 Å².